The van der Waals surface area contributed by atoms with E-state index in [1.807, 2.05) is 53.7 Å². The van der Waals surface area contributed by atoms with Gasteiger partial charge in [0.15, 0.2) is 0 Å². The first kappa shape index (κ1) is 30.2. The predicted molar refractivity (Wildman–Crippen MR) is 159 cm³/mol. The molecule has 1 fully saturated rings. The summed E-state index contributed by atoms with van der Waals surface area (Å²) in [5.41, 5.74) is 6.19. The number of halogens is 2. The highest BCUT2D eigenvalue weighted by molar-refractivity contribution is 6.38. The first-order valence-electron chi connectivity index (χ1n) is 13.9. The number of likely N-dealkylation sites (tertiary alicyclic amines) is 1. The summed E-state index contributed by atoms with van der Waals surface area (Å²) < 4.78 is 11.5. The Morgan fingerprint density at radius 1 is 1.15 bits per heavy atom. The highest BCUT2D eigenvalue weighted by Crippen LogP contribution is 2.40. The number of allylic oxidation sites excluding steroid dienone is 1. The van der Waals surface area contributed by atoms with Gasteiger partial charge in [-0.1, -0.05) is 36.5 Å². The van der Waals surface area contributed by atoms with Crippen LogP contribution in [0.4, 0.5) is 4.79 Å². The predicted octanol–water partition coefficient (Wildman–Crippen LogP) is 7.41. The Hall–Kier alpha value is -2.77. The van der Waals surface area contributed by atoms with Crippen molar-refractivity contribution in [1.29, 1.82) is 0 Å². The first-order valence-corrected chi connectivity index (χ1v) is 14.6. The van der Waals surface area contributed by atoms with Crippen LogP contribution < -0.4 is 4.74 Å². The summed E-state index contributed by atoms with van der Waals surface area (Å²) in [5, 5.41) is 0.926. The minimum Gasteiger partial charge on any atom is -0.477 e. The minimum atomic E-state index is -0.553. The lowest BCUT2D eigenvalue weighted by Gasteiger charge is -2.37. The lowest BCUT2D eigenvalue weighted by Crippen LogP contribution is -2.47. The van der Waals surface area contributed by atoms with Gasteiger partial charge in [-0.15, -0.1) is 0 Å². The second-order valence-corrected chi connectivity index (χ2v) is 12.5. The van der Waals surface area contributed by atoms with Crippen LogP contribution in [0.3, 0.4) is 0 Å². The third-order valence-electron chi connectivity index (χ3n) is 7.32. The van der Waals surface area contributed by atoms with Crippen molar-refractivity contribution in [2.24, 2.45) is 0 Å². The van der Waals surface area contributed by atoms with E-state index in [4.69, 9.17) is 32.7 Å². The van der Waals surface area contributed by atoms with Crippen LogP contribution in [-0.4, -0.2) is 58.6 Å². The van der Waals surface area contributed by atoms with Crippen LogP contribution >= 0.6 is 23.2 Å². The Labute approximate surface area is 247 Å². The molecule has 0 spiro atoms. The summed E-state index contributed by atoms with van der Waals surface area (Å²) >= 11 is 13.7. The normalized spacial score (nSPS) is 15.1. The molecule has 2 aliphatic heterocycles. The molecule has 0 N–H and O–H groups in total. The van der Waals surface area contributed by atoms with Gasteiger partial charge in [-0.05, 0) is 94.4 Å². The number of fused-ring (bicyclic) bond motifs is 1. The molecule has 0 bridgehead atoms. The van der Waals surface area contributed by atoms with Crippen molar-refractivity contribution < 1.29 is 19.1 Å². The van der Waals surface area contributed by atoms with E-state index in [9.17, 15) is 9.59 Å². The van der Waals surface area contributed by atoms with Crippen molar-refractivity contribution in [2.45, 2.75) is 79.9 Å². The van der Waals surface area contributed by atoms with Crippen LogP contribution in [-0.2, 0) is 17.7 Å². The zero-order valence-electron chi connectivity index (χ0n) is 24.5. The maximum atomic E-state index is 13.9. The van der Waals surface area contributed by atoms with Crippen LogP contribution in [0, 0.1) is 13.8 Å². The number of aryl methyl sites for hydroxylation is 2. The van der Waals surface area contributed by atoms with Gasteiger partial charge in [-0.3, -0.25) is 4.79 Å². The Balaban J connectivity index is 1.59. The van der Waals surface area contributed by atoms with Gasteiger partial charge in [0.1, 0.15) is 5.60 Å². The number of hydrogen-bond acceptors (Lipinski definition) is 5. The summed E-state index contributed by atoms with van der Waals surface area (Å²) in [6.45, 7) is 16.0. The number of unbranched alkanes of at least 4 members (excludes halogenated alkanes) is 1. The highest BCUT2D eigenvalue weighted by atomic mass is 35.5. The second kappa shape index (κ2) is 12.0. The Kier molecular flexibility index (Phi) is 9.05. The van der Waals surface area contributed by atoms with Crippen LogP contribution in [0.2, 0.25) is 10.0 Å². The van der Waals surface area contributed by atoms with E-state index in [1.54, 1.807) is 9.80 Å². The maximum Gasteiger partial charge on any atom is 0.410 e. The SMILES string of the molecule is CCCCOc1nc(C)cc(C)c1CN1CCc2c(Cl)cc(C(C)=C3CN(C(=O)OC(C)(C)C)C3)c(Cl)c2C1=O. The molecule has 0 saturated carbocycles. The zero-order chi connectivity index (χ0) is 29.4. The summed E-state index contributed by atoms with van der Waals surface area (Å²) in [7, 11) is 0. The average Bonchev–Trinajstić information content (AvgIpc) is 2.82. The number of aromatic nitrogens is 1. The Morgan fingerprint density at radius 3 is 2.50 bits per heavy atom. The number of carbonyl (C=O) groups excluding carboxylic acids is 2. The topological polar surface area (TPSA) is 72.0 Å². The summed E-state index contributed by atoms with van der Waals surface area (Å²) in [5.74, 6) is 0.429. The second-order valence-electron chi connectivity index (χ2n) is 11.7. The first-order chi connectivity index (χ1) is 18.8. The van der Waals surface area contributed by atoms with E-state index in [1.165, 1.54) is 0 Å². The minimum absolute atomic E-state index is 0.156. The molecule has 1 aromatic carbocycles. The van der Waals surface area contributed by atoms with Gasteiger partial charge < -0.3 is 19.3 Å². The van der Waals surface area contributed by atoms with Crippen molar-refractivity contribution >= 4 is 40.8 Å². The molecule has 1 saturated heterocycles. The fourth-order valence-corrected chi connectivity index (χ4v) is 5.69. The Bertz CT molecular complexity index is 1360. The van der Waals surface area contributed by atoms with Crippen molar-refractivity contribution in [3.8, 4) is 5.88 Å². The van der Waals surface area contributed by atoms with Gasteiger partial charge in [0.2, 0.25) is 5.88 Å². The smallest absolute Gasteiger partial charge is 0.410 e. The summed E-state index contributed by atoms with van der Waals surface area (Å²) in [6.07, 6.45) is 2.22. The zero-order valence-corrected chi connectivity index (χ0v) is 26.1. The van der Waals surface area contributed by atoms with E-state index in [0.29, 0.717) is 60.7 Å². The average molecular weight is 589 g/mol. The monoisotopic (exact) mass is 587 g/mol. The van der Waals surface area contributed by atoms with Crippen molar-refractivity contribution in [3.63, 3.8) is 0 Å². The number of nitrogens with zero attached hydrogens (tertiary/aromatic N) is 3. The molecule has 0 radical (unpaired) electrons. The largest absolute Gasteiger partial charge is 0.477 e. The van der Waals surface area contributed by atoms with E-state index >= 15 is 0 Å². The van der Waals surface area contributed by atoms with Crippen LogP contribution in [0.15, 0.2) is 17.7 Å². The van der Waals surface area contributed by atoms with E-state index in [-0.39, 0.29) is 12.0 Å². The molecule has 2 aromatic rings. The number of benzene rings is 1. The molecule has 216 valence electrons. The van der Waals surface area contributed by atoms with Gasteiger partial charge in [-0.2, -0.15) is 0 Å². The fourth-order valence-electron chi connectivity index (χ4n) is 5.00. The number of ether oxygens (including phenoxy) is 2. The van der Waals surface area contributed by atoms with Crippen LogP contribution in [0.25, 0.3) is 5.57 Å². The maximum absolute atomic E-state index is 13.9. The molecule has 9 heteroatoms. The number of carbonyl (C=O) groups is 2. The van der Waals surface area contributed by atoms with Gasteiger partial charge >= 0.3 is 6.09 Å². The standard InChI is InChI=1S/C31H39Cl2N3O4/c1-8-9-12-39-28-24(18(2)13-19(3)34-28)17-35-11-10-22-25(32)14-23(27(33)26(22)29(35)37)20(4)21-15-36(16-21)30(38)40-31(5,6)7/h13-14H,8-12,15-17H2,1-7H3. The molecule has 0 unspecified atom stereocenters. The van der Waals surface area contributed by atoms with Crippen LogP contribution in [0.1, 0.15) is 85.8 Å². The van der Waals surface area contributed by atoms with Crippen LogP contribution in [0.5, 0.6) is 5.88 Å². The number of pyridine rings is 1. The molecule has 1 aromatic heterocycles. The summed E-state index contributed by atoms with van der Waals surface area (Å²) in [4.78, 5) is 34.4. The third-order valence-corrected chi connectivity index (χ3v) is 8.05. The molecule has 4 rings (SSSR count). The fraction of sp³-hybridized carbons (Fsp3) is 0.516. The number of rotatable bonds is 7. The lowest BCUT2D eigenvalue weighted by atomic mass is 9.90. The molecule has 0 aliphatic carbocycles. The molecule has 3 heterocycles. The van der Waals surface area contributed by atoms with Crippen molar-refractivity contribution in [1.82, 2.24) is 14.8 Å². The molecule has 40 heavy (non-hydrogen) atoms. The third kappa shape index (κ3) is 6.41. The Morgan fingerprint density at radius 2 is 1.85 bits per heavy atom. The van der Waals surface area contributed by atoms with Gasteiger partial charge in [0.25, 0.3) is 5.91 Å². The molecule has 7 nitrogen and oxygen atoms in total. The molecule has 2 aliphatic rings. The summed E-state index contributed by atoms with van der Waals surface area (Å²) in [6, 6.07) is 3.86. The van der Waals surface area contributed by atoms with E-state index < -0.39 is 5.60 Å². The number of hydrogen-bond donors (Lipinski definition) is 0. The lowest BCUT2D eigenvalue weighted by molar-refractivity contribution is 0.0215. The van der Waals surface area contributed by atoms with Gasteiger partial charge in [0, 0.05) is 35.9 Å². The highest BCUT2D eigenvalue weighted by Gasteiger charge is 2.34. The van der Waals surface area contributed by atoms with E-state index in [2.05, 4.69) is 11.9 Å². The quantitative estimate of drug-likeness (QED) is 0.315. The molecular weight excluding hydrogens is 549 g/mol. The van der Waals surface area contributed by atoms with E-state index in [0.717, 1.165) is 51.9 Å². The van der Waals surface area contributed by atoms with Crippen molar-refractivity contribution in [2.75, 3.05) is 26.2 Å². The number of amides is 2. The van der Waals surface area contributed by atoms with Gasteiger partial charge in [0.05, 0.1) is 23.7 Å². The van der Waals surface area contributed by atoms with Crippen molar-refractivity contribution in [3.05, 3.63) is 61.3 Å². The van der Waals surface area contributed by atoms with Gasteiger partial charge in [-0.25, -0.2) is 9.78 Å². The molecular formula is C31H39Cl2N3O4. The molecule has 0 atom stereocenters. The molecule has 2 amide bonds.